The summed E-state index contributed by atoms with van der Waals surface area (Å²) in [5.74, 6) is 0.515. The number of aromatic nitrogens is 1. The van der Waals surface area contributed by atoms with Crippen molar-refractivity contribution in [2.24, 2.45) is 0 Å². The van der Waals surface area contributed by atoms with Gasteiger partial charge in [-0.25, -0.2) is 9.37 Å². The minimum absolute atomic E-state index is 0.0329. The van der Waals surface area contributed by atoms with Crippen LogP contribution in [0.25, 0.3) is 0 Å². The van der Waals surface area contributed by atoms with Crippen LogP contribution in [0.4, 0.5) is 9.52 Å². The van der Waals surface area contributed by atoms with Crippen LogP contribution in [-0.4, -0.2) is 23.2 Å². The van der Waals surface area contributed by atoms with E-state index in [-0.39, 0.29) is 12.6 Å². The number of alkyl halides is 1. The summed E-state index contributed by atoms with van der Waals surface area (Å²) in [4.78, 5) is 5.49. The van der Waals surface area contributed by atoms with Crippen LogP contribution < -0.4 is 10.6 Å². The van der Waals surface area contributed by atoms with E-state index < -0.39 is 5.67 Å². The zero-order valence-electron chi connectivity index (χ0n) is 12.4. The number of rotatable bonds is 5. The first kappa shape index (κ1) is 15.8. The van der Waals surface area contributed by atoms with E-state index in [2.05, 4.69) is 15.6 Å². The first-order valence-electron chi connectivity index (χ1n) is 7.83. The van der Waals surface area contributed by atoms with Gasteiger partial charge >= 0.3 is 0 Å². The van der Waals surface area contributed by atoms with Gasteiger partial charge in [0.2, 0.25) is 0 Å². The zero-order valence-corrected chi connectivity index (χ0v) is 13.9. The minimum Gasteiger partial charge on any atom is -0.358 e. The smallest absolute Gasteiger partial charge is 0.184 e. The standard InChI is InChI=1S/C15H20ClFN4S/c16-13-12(10-4-2-1-3-5-10)22-14(21-13)19-8-15(17)6-11(7-15)20-9-18/h10-11,20H,1-8H2,(H,19,21)/t11-,15-. The number of nitriles is 1. The molecule has 0 atom stereocenters. The summed E-state index contributed by atoms with van der Waals surface area (Å²) in [6.45, 7) is 0.227. The van der Waals surface area contributed by atoms with Crippen LogP contribution in [0.2, 0.25) is 5.15 Å². The quantitative estimate of drug-likeness (QED) is 0.622. The monoisotopic (exact) mass is 342 g/mol. The average Bonchev–Trinajstić information content (AvgIpc) is 2.86. The SMILES string of the molecule is N#CN[C@H]1C[C@@](F)(CNc2nc(Cl)c(C3CCCCC3)s2)C1. The van der Waals surface area contributed by atoms with Gasteiger partial charge in [-0.15, -0.1) is 11.3 Å². The molecule has 1 heterocycles. The van der Waals surface area contributed by atoms with Crippen molar-refractivity contribution < 1.29 is 4.39 Å². The molecule has 22 heavy (non-hydrogen) atoms. The molecule has 0 spiro atoms. The normalized spacial score (nSPS) is 28.7. The van der Waals surface area contributed by atoms with Gasteiger partial charge in [0, 0.05) is 23.8 Å². The van der Waals surface area contributed by atoms with Crippen LogP contribution in [0.15, 0.2) is 0 Å². The zero-order chi connectivity index (χ0) is 15.6. The molecule has 0 bridgehead atoms. The van der Waals surface area contributed by atoms with Crippen LogP contribution in [0.1, 0.15) is 55.7 Å². The summed E-state index contributed by atoms with van der Waals surface area (Å²) in [6, 6.07) is -0.0329. The molecule has 0 radical (unpaired) electrons. The number of hydrogen-bond acceptors (Lipinski definition) is 5. The number of hydrogen-bond donors (Lipinski definition) is 2. The van der Waals surface area contributed by atoms with Gasteiger partial charge in [-0.1, -0.05) is 30.9 Å². The second kappa shape index (κ2) is 6.59. The predicted octanol–water partition coefficient (Wildman–Crippen LogP) is 4.20. The Morgan fingerprint density at radius 2 is 2.09 bits per heavy atom. The Morgan fingerprint density at radius 1 is 1.36 bits per heavy atom. The molecule has 2 aliphatic rings. The summed E-state index contributed by atoms with van der Waals surface area (Å²) in [6.07, 6.45) is 8.75. The van der Waals surface area contributed by atoms with Gasteiger partial charge in [-0.2, -0.15) is 5.26 Å². The molecule has 0 amide bonds. The third-order valence-electron chi connectivity index (χ3n) is 4.64. The molecule has 0 aliphatic heterocycles. The highest BCUT2D eigenvalue weighted by atomic mass is 35.5. The second-order valence-electron chi connectivity index (χ2n) is 6.37. The van der Waals surface area contributed by atoms with Gasteiger partial charge in [0.1, 0.15) is 10.8 Å². The van der Waals surface area contributed by atoms with E-state index in [4.69, 9.17) is 16.9 Å². The van der Waals surface area contributed by atoms with Crippen LogP contribution in [0.3, 0.4) is 0 Å². The molecule has 1 aromatic heterocycles. The molecule has 2 saturated carbocycles. The first-order chi connectivity index (χ1) is 10.6. The van der Waals surface area contributed by atoms with E-state index in [0.717, 1.165) is 4.88 Å². The van der Waals surface area contributed by atoms with Crippen molar-refractivity contribution in [2.75, 3.05) is 11.9 Å². The lowest BCUT2D eigenvalue weighted by Crippen LogP contribution is -2.53. The average molecular weight is 343 g/mol. The van der Waals surface area contributed by atoms with Crippen LogP contribution in [0.5, 0.6) is 0 Å². The maximum atomic E-state index is 14.4. The molecule has 3 rings (SSSR count). The van der Waals surface area contributed by atoms with Crippen molar-refractivity contribution in [3.63, 3.8) is 0 Å². The minimum atomic E-state index is -1.25. The molecule has 0 saturated heterocycles. The Balaban J connectivity index is 1.54. The van der Waals surface area contributed by atoms with E-state index in [1.807, 2.05) is 6.19 Å². The number of halogens is 2. The lowest BCUT2D eigenvalue weighted by Gasteiger charge is -2.40. The topological polar surface area (TPSA) is 60.7 Å². The molecule has 7 heteroatoms. The van der Waals surface area contributed by atoms with E-state index >= 15 is 0 Å². The molecule has 4 nitrogen and oxygen atoms in total. The third-order valence-corrected chi connectivity index (χ3v) is 6.21. The Bertz CT molecular complexity index is 558. The number of thiazole rings is 1. The molecule has 2 N–H and O–H groups in total. The maximum absolute atomic E-state index is 14.4. The molecule has 2 aliphatic carbocycles. The maximum Gasteiger partial charge on any atom is 0.184 e. The first-order valence-corrected chi connectivity index (χ1v) is 9.03. The molecule has 120 valence electrons. The molecular weight excluding hydrogens is 323 g/mol. The van der Waals surface area contributed by atoms with Gasteiger partial charge in [-0.05, 0) is 18.8 Å². The Labute approximate surface area is 139 Å². The van der Waals surface area contributed by atoms with Crippen molar-refractivity contribution in [1.82, 2.24) is 10.3 Å². The number of nitrogens with zero attached hydrogens (tertiary/aromatic N) is 2. The summed E-state index contributed by atoms with van der Waals surface area (Å²) in [5, 5.41) is 15.5. The Morgan fingerprint density at radius 3 is 2.77 bits per heavy atom. The third kappa shape index (κ3) is 3.47. The highest BCUT2D eigenvalue weighted by Gasteiger charge is 2.44. The summed E-state index contributed by atoms with van der Waals surface area (Å²) >= 11 is 7.82. The molecule has 1 aromatic rings. The van der Waals surface area contributed by atoms with Crippen molar-refractivity contribution in [2.45, 2.75) is 62.6 Å². The highest BCUT2D eigenvalue weighted by Crippen LogP contribution is 2.42. The molecule has 2 fully saturated rings. The fourth-order valence-electron chi connectivity index (χ4n) is 3.40. The highest BCUT2D eigenvalue weighted by molar-refractivity contribution is 7.16. The largest absolute Gasteiger partial charge is 0.358 e. The van der Waals surface area contributed by atoms with Gasteiger partial charge in [0.15, 0.2) is 11.3 Å². The number of nitrogens with one attached hydrogen (secondary N) is 2. The predicted molar refractivity (Wildman–Crippen MR) is 87.0 cm³/mol. The van der Waals surface area contributed by atoms with E-state index in [1.54, 1.807) is 11.3 Å². The van der Waals surface area contributed by atoms with Crippen molar-refractivity contribution in [3.8, 4) is 6.19 Å². The second-order valence-corrected chi connectivity index (χ2v) is 7.76. The fraction of sp³-hybridized carbons (Fsp3) is 0.733. The van der Waals surface area contributed by atoms with Crippen LogP contribution in [0, 0.1) is 11.5 Å². The van der Waals surface area contributed by atoms with E-state index in [1.165, 1.54) is 32.1 Å². The summed E-state index contributed by atoms with van der Waals surface area (Å²) in [7, 11) is 0. The van der Waals surface area contributed by atoms with Crippen molar-refractivity contribution >= 4 is 28.1 Å². The van der Waals surface area contributed by atoms with Gasteiger partial charge in [-0.3, -0.25) is 0 Å². The molecule has 0 unspecified atom stereocenters. The van der Waals surface area contributed by atoms with Gasteiger partial charge < -0.3 is 10.6 Å². The van der Waals surface area contributed by atoms with Gasteiger partial charge in [0.05, 0.1) is 6.54 Å². The van der Waals surface area contributed by atoms with Crippen molar-refractivity contribution in [1.29, 1.82) is 5.26 Å². The molecular formula is C15H20ClFN4S. The van der Waals surface area contributed by atoms with E-state index in [9.17, 15) is 4.39 Å². The molecule has 0 aromatic carbocycles. The lowest BCUT2D eigenvalue weighted by molar-refractivity contribution is 0.0485. The summed E-state index contributed by atoms with van der Waals surface area (Å²) in [5.41, 5.74) is -1.25. The van der Waals surface area contributed by atoms with E-state index in [0.29, 0.717) is 29.0 Å². The van der Waals surface area contributed by atoms with Crippen LogP contribution >= 0.6 is 22.9 Å². The summed E-state index contributed by atoms with van der Waals surface area (Å²) < 4.78 is 14.4. The van der Waals surface area contributed by atoms with Gasteiger partial charge in [0.25, 0.3) is 0 Å². The lowest BCUT2D eigenvalue weighted by atomic mass is 9.77. The Hall–Kier alpha value is -1.06. The van der Waals surface area contributed by atoms with Crippen molar-refractivity contribution in [3.05, 3.63) is 10.0 Å². The fourth-order valence-corrected chi connectivity index (χ4v) is 4.83. The Kier molecular flexibility index (Phi) is 4.74. The van der Waals surface area contributed by atoms with Crippen LogP contribution in [-0.2, 0) is 0 Å². The number of anilines is 1.